The Morgan fingerprint density at radius 1 is 0.952 bits per heavy atom. The van der Waals surface area contributed by atoms with Gasteiger partial charge >= 0.3 is 0 Å². The minimum Gasteiger partial charge on any atom is -0.303 e. The van der Waals surface area contributed by atoms with E-state index in [4.69, 9.17) is 0 Å². The van der Waals surface area contributed by atoms with Crippen LogP contribution in [0.5, 0.6) is 0 Å². The molecule has 0 radical (unpaired) electrons. The third-order valence-electron chi connectivity index (χ3n) is 3.72. The van der Waals surface area contributed by atoms with Crippen LogP contribution in [-0.4, -0.2) is 0 Å². The van der Waals surface area contributed by atoms with Gasteiger partial charge in [0.05, 0.1) is 0 Å². The van der Waals surface area contributed by atoms with E-state index in [9.17, 15) is 8.78 Å². The van der Waals surface area contributed by atoms with Crippen molar-refractivity contribution >= 4 is 0 Å². The maximum absolute atomic E-state index is 13.3. The topological polar surface area (TPSA) is 12.0 Å². The second-order valence-electron chi connectivity index (χ2n) is 5.46. The van der Waals surface area contributed by atoms with Crippen LogP contribution in [0.1, 0.15) is 49.0 Å². The van der Waals surface area contributed by atoms with E-state index in [0.717, 1.165) is 12.5 Å². The molecule has 2 unspecified atom stereocenters. The molecule has 0 saturated heterocycles. The van der Waals surface area contributed by atoms with Gasteiger partial charge in [0.25, 0.3) is 0 Å². The molecule has 1 N–H and O–H groups in total. The first-order chi connectivity index (χ1) is 9.99. The monoisotopic (exact) mass is 289 g/mol. The lowest BCUT2D eigenvalue weighted by atomic mass is 10.0. The van der Waals surface area contributed by atoms with E-state index in [1.165, 1.54) is 23.3 Å². The molecule has 2 rings (SSSR count). The second kappa shape index (κ2) is 6.81. The quantitative estimate of drug-likeness (QED) is 0.809. The highest BCUT2D eigenvalue weighted by Crippen LogP contribution is 2.23. The van der Waals surface area contributed by atoms with E-state index < -0.39 is 11.6 Å². The predicted molar refractivity (Wildman–Crippen MR) is 82.1 cm³/mol. The summed E-state index contributed by atoms with van der Waals surface area (Å²) in [6.45, 7) is 6.07. The van der Waals surface area contributed by atoms with Gasteiger partial charge in [-0.05, 0) is 43.5 Å². The molecule has 0 amide bonds. The zero-order chi connectivity index (χ0) is 15.4. The molecule has 0 spiro atoms. The van der Waals surface area contributed by atoms with Crippen molar-refractivity contribution in [1.82, 2.24) is 5.32 Å². The van der Waals surface area contributed by atoms with Crippen molar-refractivity contribution in [2.75, 3.05) is 0 Å². The molecular weight excluding hydrogens is 268 g/mol. The second-order valence-corrected chi connectivity index (χ2v) is 5.46. The van der Waals surface area contributed by atoms with Gasteiger partial charge in [-0.1, -0.05) is 36.8 Å². The Morgan fingerprint density at radius 3 is 2.05 bits per heavy atom. The van der Waals surface area contributed by atoms with E-state index in [-0.39, 0.29) is 12.1 Å². The summed E-state index contributed by atoms with van der Waals surface area (Å²) >= 11 is 0. The fourth-order valence-electron chi connectivity index (χ4n) is 2.47. The van der Waals surface area contributed by atoms with Crippen molar-refractivity contribution in [3.05, 3.63) is 70.8 Å². The number of benzene rings is 2. The van der Waals surface area contributed by atoms with E-state index in [2.05, 4.69) is 43.4 Å². The highest BCUT2D eigenvalue weighted by molar-refractivity contribution is 5.26. The third kappa shape index (κ3) is 4.11. The Labute approximate surface area is 125 Å². The summed E-state index contributed by atoms with van der Waals surface area (Å²) in [5, 5.41) is 3.44. The highest BCUT2D eigenvalue weighted by atomic mass is 19.1. The maximum Gasteiger partial charge on any atom is 0.126 e. The number of halogens is 2. The molecule has 0 fully saturated rings. The van der Waals surface area contributed by atoms with Crippen LogP contribution in [0.4, 0.5) is 8.78 Å². The Hall–Kier alpha value is -1.74. The fraction of sp³-hybridized carbons (Fsp3) is 0.333. The van der Waals surface area contributed by atoms with E-state index in [1.54, 1.807) is 0 Å². The third-order valence-corrected chi connectivity index (χ3v) is 3.72. The standard InChI is InChI=1S/C18H21F2N/c1-4-18(14-7-5-12(2)6-8-14)21-13(3)15-9-16(19)11-17(20)10-15/h5-11,13,18,21H,4H2,1-3H3. The van der Waals surface area contributed by atoms with E-state index in [1.807, 2.05) is 6.92 Å². The Kier molecular flexibility index (Phi) is 5.07. The highest BCUT2D eigenvalue weighted by Gasteiger charge is 2.15. The summed E-state index contributed by atoms with van der Waals surface area (Å²) in [5.41, 5.74) is 3.03. The van der Waals surface area contributed by atoms with Crippen molar-refractivity contribution in [2.24, 2.45) is 0 Å². The van der Waals surface area contributed by atoms with Gasteiger partial charge in [0, 0.05) is 18.2 Å². The van der Waals surface area contributed by atoms with Gasteiger partial charge in [-0.3, -0.25) is 0 Å². The minimum absolute atomic E-state index is 0.124. The van der Waals surface area contributed by atoms with Crippen molar-refractivity contribution in [1.29, 1.82) is 0 Å². The smallest absolute Gasteiger partial charge is 0.126 e. The van der Waals surface area contributed by atoms with Gasteiger partial charge in [0.15, 0.2) is 0 Å². The molecule has 0 heterocycles. The summed E-state index contributed by atoms with van der Waals surface area (Å²) in [6.07, 6.45) is 0.908. The summed E-state index contributed by atoms with van der Waals surface area (Å²) in [7, 11) is 0. The Bertz CT molecular complexity index is 572. The molecule has 0 bridgehead atoms. The zero-order valence-electron chi connectivity index (χ0n) is 12.7. The van der Waals surface area contributed by atoms with E-state index >= 15 is 0 Å². The molecule has 2 aromatic rings. The molecule has 0 aliphatic rings. The molecule has 112 valence electrons. The molecule has 0 saturated carbocycles. The molecule has 0 aliphatic carbocycles. The molecular formula is C18H21F2N. The number of nitrogens with one attached hydrogen (secondary N) is 1. The lowest BCUT2D eigenvalue weighted by Crippen LogP contribution is -2.24. The van der Waals surface area contributed by atoms with Gasteiger partial charge in [-0.15, -0.1) is 0 Å². The average Bonchev–Trinajstić information content (AvgIpc) is 2.44. The first-order valence-corrected chi connectivity index (χ1v) is 7.28. The van der Waals surface area contributed by atoms with Crippen molar-refractivity contribution < 1.29 is 8.78 Å². The molecule has 0 aromatic heterocycles. The number of hydrogen-bond acceptors (Lipinski definition) is 1. The van der Waals surface area contributed by atoms with Crippen molar-refractivity contribution in [2.45, 2.75) is 39.3 Å². The van der Waals surface area contributed by atoms with Crippen LogP contribution < -0.4 is 5.32 Å². The Balaban J connectivity index is 2.15. The van der Waals surface area contributed by atoms with Gasteiger partial charge in [0.2, 0.25) is 0 Å². The maximum atomic E-state index is 13.3. The molecule has 2 aromatic carbocycles. The van der Waals surface area contributed by atoms with Crippen LogP contribution >= 0.6 is 0 Å². The van der Waals surface area contributed by atoms with Crippen LogP contribution in [0.2, 0.25) is 0 Å². The summed E-state index contributed by atoms with van der Waals surface area (Å²) in [4.78, 5) is 0. The number of aryl methyl sites for hydroxylation is 1. The number of hydrogen-bond donors (Lipinski definition) is 1. The molecule has 1 nitrogen and oxygen atoms in total. The average molecular weight is 289 g/mol. The largest absolute Gasteiger partial charge is 0.303 e. The van der Waals surface area contributed by atoms with E-state index in [0.29, 0.717) is 5.56 Å². The normalized spacial score (nSPS) is 14.0. The first-order valence-electron chi connectivity index (χ1n) is 7.28. The van der Waals surface area contributed by atoms with Crippen LogP contribution in [0.25, 0.3) is 0 Å². The lowest BCUT2D eigenvalue weighted by molar-refractivity contribution is 0.452. The van der Waals surface area contributed by atoms with Crippen LogP contribution in [0, 0.1) is 18.6 Å². The first kappa shape index (κ1) is 15.6. The van der Waals surface area contributed by atoms with Crippen LogP contribution in [-0.2, 0) is 0 Å². The summed E-state index contributed by atoms with van der Waals surface area (Å²) < 4.78 is 26.6. The predicted octanol–water partition coefficient (Wildman–Crippen LogP) is 5.08. The van der Waals surface area contributed by atoms with Crippen molar-refractivity contribution in [3.63, 3.8) is 0 Å². The zero-order valence-corrected chi connectivity index (χ0v) is 12.7. The molecule has 2 atom stereocenters. The minimum atomic E-state index is -0.540. The summed E-state index contributed by atoms with van der Waals surface area (Å²) in [6, 6.07) is 12.0. The lowest BCUT2D eigenvalue weighted by Gasteiger charge is -2.23. The molecule has 21 heavy (non-hydrogen) atoms. The summed E-state index contributed by atoms with van der Waals surface area (Å²) in [5.74, 6) is -1.08. The van der Waals surface area contributed by atoms with Gasteiger partial charge in [-0.25, -0.2) is 8.78 Å². The Morgan fingerprint density at radius 2 is 1.52 bits per heavy atom. The molecule has 3 heteroatoms. The van der Waals surface area contributed by atoms with Crippen LogP contribution in [0.15, 0.2) is 42.5 Å². The fourth-order valence-corrected chi connectivity index (χ4v) is 2.47. The van der Waals surface area contributed by atoms with Gasteiger partial charge < -0.3 is 5.32 Å². The van der Waals surface area contributed by atoms with Crippen LogP contribution in [0.3, 0.4) is 0 Å². The van der Waals surface area contributed by atoms with Gasteiger partial charge in [0.1, 0.15) is 11.6 Å². The van der Waals surface area contributed by atoms with Gasteiger partial charge in [-0.2, -0.15) is 0 Å². The molecule has 0 aliphatic heterocycles. The SMILES string of the molecule is CCC(NC(C)c1cc(F)cc(F)c1)c1ccc(C)cc1. The number of rotatable bonds is 5. The van der Waals surface area contributed by atoms with Crippen molar-refractivity contribution in [3.8, 4) is 0 Å².